The van der Waals surface area contributed by atoms with Crippen molar-refractivity contribution in [3.8, 4) is 5.75 Å². The van der Waals surface area contributed by atoms with Crippen LogP contribution in [0.15, 0.2) is 0 Å². The predicted octanol–water partition coefficient (Wildman–Crippen LogP) is 3.22. The van der Waals surface area contributed by atoms with E-state index in [0.29, 0.717) is 72.7 Å². The Balaban J connectivity index is 1.83. The highest BCUT2D eigenvalue weighted by Gasteiger charge is 2.28. The summed E-state index contributed by atoms with van der Waals surface area (Å²) in [6, 6.07) is 0. The van der Waals surface area contributed by atoms with Gasteiger partial charge in [-0.1, -0.05) is 0 Å². The molecule has 10 nitrogen and oxygen atoms in total. The van der Waals surface area contributed by atoms with Crippen molar-refractivity contribution in [3.05, 3.63) is 29.1 Å². The molecule has 0 atom stereocenters. The minimum atomic E-state index is -2.34. The topological polar surface area (TPSA) is 100 Å². The van der Waals surface area contributed by atoms with Crippen molar-refractivity contribution in [3.63, 3.8) is 0 Å². The van der Waals surface area contributed by atoms with E-state index >= 15 is 0 Å². The maximum atomic E-state index is 13.5. The Morgan fingerprint density at radius 2 is 0.780 bits per heavy atom. The second-order valence-electron chi connectivity index (χ2n) is 8.33. The van der Waals surface area contributed by atoms with Crippen molar-refractivity contribution in [2.45, 2.75) is 26.4 Å². The molecule has 1 aromatic rings. The summed E-state index contributed by atoms with van der Waals surface area (Å²) >= 11 is 0. The molecule has 0 aliphatic heterocycles. The van der Waals surface area contributed by atoms with Crippen molar-refractivity contribution >= 4 is 5.97 Å². The van der Waals surface area contributed by atoms with Gasteiger partial charge in [0.25, 0.3) is 0 Å². The zero-order valence-electron chi connectivity index (χ0n) is 23.4. The molecular weight excluding hydrogens is 567 g/mol. The lowest BCUT2D eigenvalue weighted by Gasteiger charge is -2.09. The maximum absolute atomic E-state index is 13.5. The van der Waals surface area contributed by atoms with Gasteiger partial charge in [0.15, 0.2) is 0 Å². The minimum Gasteiger partial charge on any atom is -0.420 e. The Morgan fingerprint density at radius 3 is 1.12 bits per heavy atom. The van der Waals surface area contributed by atoms with Crippen LogP contribution in [0.3, 0.4) is 0 Å². The Bertz CT molecular complexity index is 818. The van der Waals surface area contributed by atoms with E-state index < -0.39 is 47.2 Å². The number of hydrogen-bond donors (Lipinski definition) is 0. The highest BCUT2D eigenvalue weighted by molar-refractivity contribution is 5.72. The van der Waals surface area contributed by atoms with Crippen LogP contribution in [0.2, 0.25) is 0 Å². The maximum Gasteiger partial charge on any atom is 0.313 e. The number of carbonyl (C=O) groups is 1. The van der Waals surface area contributed by atoms with Gasteiger partial charge in [0, 0.05) is 0 Å². The third-order valence-corrected chi connectivity index (χ3v) is 4.75. The van der Waals surface area contributed by atoms with Crippen LogP contribution < -0.4 is 4.74 Å². The SMILES string of the molecule is CC(C)OCCOCCOCCOCCOCCOCCOCCOCCC(=O)Oc1c(F)c(F)c(F)c(F)c1F. The molecule has 0 aromatic heterocycles. The van der Waals surface area contributed by atoms with Crippen molar-refractivity contribution in [2.24, 2.45) is 0 Å². The lowest BCUT2D eigenvalue weighted by molar-refractivity contribution is -0.136. The van der Waals surface area contributed by atoms with Gasteiger partial charge < -0.3 is 42.6 Å². The van der Waals surface area contributed by atoms with Crippen LogP contribution >= 0.6 is 0 Å². The molecule has 0 aliphatic carbocycles. The monoisotopic (exact) mass is 606 g/mol. The van der Waals surface area contributed by atoms with Crippen LogP contribution in [0.1, 0.15) is 20.3 Å². The lowest BCUT2D eigenvalue weighted by atomic mass is 10.2. The van der Waals surface area contributed by atoms with Crippen molar-refractivity contribution in [1.82, 2.24) is 0 Å². The van der Waals surface area contributed by atoms with Gasteiger partial charge in [0.2, 0.25) is 34.8 Å². The van der Waals surface area contributed by atoms with E-state index in [1.807, 2.05) is 13.8 Å². The zero-order valence-corrected chi connectivity index (χ0v) is 23.4. The summed E-state index contributed by atoms with van der Waals surface area (Å²) in [4.78, 5) is 11.6. The molecule has 0 fully saturated rings. The first-order valence-corrected chi connectivity index (χ1v) is 13.1. The van der Waals surface area contributed by atoms with Gasteiger partial charge in [-0.05, 0) is 13.8 Å². The highest BCUT2D eigenvalue weighted by Crippen LogP contribution is 2.29. The van der Waals surface area contributed by atoms with Crippen molar-refractivity contribution in [1.29, 1.82) is 0 Å². The van der Waals surface area contributed by atoms with Crippen LogP contribution in [0.5, 0.6) is 5.75 Å². The smallest absolute Gasteiger partial charge is 0.313 e. The largest absolute Gasteiger partial charge is 0.420 e. The van der Waals surface area contributed by atoms with E-state index in [2.05, 4.69) is 4.74 Å². The summed E-state index contributed by atoms with van der Waals surface area (Å²) in [5.41, 5.74) is 0. The summed E-state index contributed by atoms with van der Waals surface area (Å²) in [7, 11) is 0. The summed E-state index contributed by atoms with van der Waals surface area (Å²) in [5, 5.41) is 0. The van der Waals surface area contributed by atoms with Crippen LogP contribution in [0.4, 0.5) is 22.0 Å². The van der Waals surface area contributed by atoms with Gasteiger partial charge in [0.05, 0.1) is 112 Å². The summed E-state index contributed by atoms with van der Waals surface area (Å²) in [6.45, 7) is 9.24. The summed E-state index contributed by atoms with van der Waals surface area (Å²) in [5.74, 6) is -14.1. The minimum absolute atomic E-state index is 0.0889. The molecule has 0 bridgehead atoms. The van der Waals surface area contributed by atoms with Crippen molar-refractivity contribution < 1.29 is 69.4 Å². The first kappa shape index (κ1) is 37.0. The average Bonchev–Trinajstić information content (AvgIpc) is 2.95. The van der Waals surface area contributed by atoms with Crippen molar-refractivity contribution in [2.75, 3.05) is 99.1 Å². The molecule has 0 saturated carbocycles. The lowest BCUT2D eigenvalue weighted by Crippen LogP contribution is -2.16. The Kier molecular flexibility index (Phi) is 21.3. The molecule has 0 heterocycles. The van der Waals surface area contributed by atoms with E-state index in [4.69, 9.17) is 37.9 Å². The van der Waals surface area contributed by atoms with E-state index in [-0.39, 0.29) is 32.5 Å². The van der Waals surface area contributed by atoms with Gasteiger partial charge in [0.1, 0.15) is 0 Å². The molecule has 1 rings (SSSR count). The van der Waals surface area contributed by atoms with Crippen LogP contribution in [0, 0.1) is 29.1 Å². The Hall–Kier alpha value is -1.98. The molecule has 1 aromatic carbocycles. The molecule has 0 amide bonds. The zero-order chi connectivity index (χ0) is 30.3. The van der Waals surface area contributed by atoms with Gasteiger partial charge in [-0.3, -0.25) is 4.79 Å². The normalized spacial score (nSPS) is 11.5. The molecule has 15 heteroatoms. The van der Waals surface area contributed by atoms with Gasteiger partial charge >= 0.3 is 5.97 Å². The number of hydrogen-bond acceptors (Lipinski definition) is 10. The summed E-state index contributed by atoms with van der Waals surface area (Å²) < 4.78 is 113. The van der Waals surface area contributed by atoms with E-state index in [1.165, 1.54) is 0 Å². The summed E-state index contributed by atoms with van der Waals surface area (Å²) in [6.07, 6.45) is -0.283. The second kappa shape index (κ2) is 23.6. The number of rotatable bonds is 26. The first-order valence-electron chi connectivity index (χ1n) is 13.1. The standard InChI is InChI=1S/C26H39F5O10/c1-19(2)40-18-17-39-16-15-38-14-13-37-12-11-36-10-9-35-8-7-34-6-5-33-4-3-20(32)41-26-24(30)22(28)21(27)23(29)25(26)31/h19H,3-18H2,1-2H3. The highest BCUT2D eigenvalue weighted by atomic mass is 19.2. The number of esters is 1. The van der Waals surface area contributed by atoms with Crippen LogP contribution in [-0.4, -0.2) is 111 Å². The van der Waals surface area contributed by atoms with Gasteiger partial charge in [-0.25, -0.2) is 13.2 Å². The number of carbonyl (C=O) groups excluding carboxylic acids is 1. The molecule has 0 aliphatic rings. The number of halogens is 5. The molecular formula is C26H39F5O10. The molecule has 0 unspecified atom stereocenters. The van der Waals surface area contributed by atoms with E-state index in [0.717, 1.165) is 0 Å². The average molecular weight is 607 g/mol. The van der Waals surface area contributed by atoms with Gasteiger partial charge in [-0.15, -0.1) is 0 Å². The molecule has 41 heavy (non-hydrogen) atoms. The van der Waals surface area contributed by atoms with Crippen LogP contribution in [-0.2, 0) is 42.7 Å². The van der Waals surface area contributed by atoms with Crippen LogP contribution in [0.25, 0.3) is 0 Å². The third-order valence-electron chi connectivity index (χ3n) is 4.75. The number of ether oxygens (including phenoxy) is 9. The fraction of sp³-hybridized carbons (Fsp3) is 0.731. The molecule has 0 saturated heterocycles. The Morgan fingerprint density at radius 1 is 0.488 bits per heavy atom. The molecule has 238 valence electrons. The van der Waals surface area contributed by atoms with E-state index in [1.54, 1.807) is 0 Å². The van der Waals surface area contributed by atoms with E-state index in [9.17, 15) is 26.7 Å². The second-order valence-corrected chi connectivity index (χ2v) is 8.33. The molecule has 0 spiro atoms. The predicted molar refractivity (Wildman–Crippen MR) is 133 cm³/mol. The fourth-order valence-electron chi connectivity index (χ4n) is 2.76. The third kappa shape index (κ3) is 17.5. The molecule has 0 radical (unpaired) electrons. The van der Waals surface area contributed by atoms with Gasteiger partial charge in [-0.2, -0.15) is 8.78 Å². The number of benzene rings is 1. The molecule has 0 N–H and O–H groups in total. The fourth-order valence-corrected chi connectivity index (χ4v) is 2.76. The Labute approximate surface area is 236 Å². The quantitative estimate of drug-likeness (QED) is 0.0391. The first-order chi connectivity index (χ1) is 19.8.